The van der Waals surface area contributed by atoms with Crippen molar-refractivity contribution in [3.05, 3.63) is 29.2 Å². The van der Waals surface area contributed by atoms with Crippen LogP contribution in [0.5, 0.6) is 0 Å². The molecule has 2 aliphatic heterocycles. The predicted octanol–water partition coefficient (Wildman–Crippen LogP) is 3.88. The Hall–Kier alpha value is -1.39. The van der Waals surface area contributed by atoms with Crippen molar-refractivity contribution in [2.75, 3.05) is 13.2 Å². The van der Waals surface area contributed by atoms with Crippen LogP contribution in [0.3, 0.4) is 0 Å². The lowest BCUT2D eigenvalue weighted by Crippen LogP contribution is -2.62. The number of aromatic nitrogens is 1. The van der Waals surface area contributed by atoms with Crippen molar-refractivity contribution in [2.45, 2.75) is 64.0 Å². The van der Waals surface area contributed by atoms with Crippen LogP contribution < -0.4 is 5.32 Å². The van der Waals surface area contributed by atoms with Crippen molar-refractivity contribution >= 4 is 11.1 Å². The number of nitrogens with zero attached hydrogens (tertiary/aromatic N) is 1. The van der Waals surface area contributed by atoms with E-state index < -0.39 is 0 Å². The summed E-state index contributed by atoms with van der Waals surface area (Å²) in [5, 5.41) is 3.74. The Bertz CT molecular complexity index is 803. The lowest BCUT2D eigenvalue weighted by molar-refractivity contribution is 0.0561. The monoisotopic (exact) mass is 326 g/mol. The van der Waals surface area contributed by atoms with Gasteiger partial charge >= 0.3 is 0 Å². The maximum atomic E-state index is 6.07. The molecule has 128 valence electrons. The molecule has 5 rings (SSSR count). The lowest BCUT2D eigenvalue weighted by Gasteiger charge is -2.57. The van der Waals surface area contributed by atoms with Crippen LogP contribution in [0.25, 0.3) is 11.1 Å². The smallest absolute Gasteiger partial charge is 0.224 e. The maximum Gasteiger partial charge on any atom is 0.224 e. The van der Waals surface area contributed by atoms with E-state index in [0.29, 0.717) is 6.04 Å². The van der Waals surface area contributed by atoms with Crippen LogP contribution in [0.15, 0.2) is 16.5 Å². The second-order valence-electron chi connectivity index (χ2n) is 8.55. The van der Waals surface area contributed by atoms with Crippen molar-refractivity contribution < 1.29 is 9.15 Å². The highest BCUT2D eigenvalue weighted by Gasteiger charge is 2.53. The molecule has 1 N–H and O–H groups in total. The Morgan fingerprint density at radius 1 is 1.25 bits per heavy atom. The number of fused-ring (bicyclic) bond motifs is 5. The van der Waals surface area contributed by atoms with Crippen molar-refractivity contribution in [3.8, 4) is 0 Å². The average molecular weight is 326 g/mol. The molecule has 1 aliphatic carbocycles. The molecular formula is C20H26N2O2. The van der Waals surface area contributed by atoms with Crippen LogP contribution in [0, 0.1) is 5.41 Å². The molecule has 2 fully saturated rings. The van der Waals surface area contributed by atoms with Crippen LogP contribution in [0.1, 0.15) is 63.2 Å². The second-order valence-corrected chi connectivity index (χ2v) is 8.55. The molecule has 0 radical (unpaired) electrons. The van der Waals surface area contributed by atoms with E-state index in [4.69, 9.17) is 14.1 Å². The summed E-state index contributed by atoms with van der Waals surface area (Å²) in [4.78, 5) is 4.78. The molecule has 2 aromatic rings. The molecule has 1 aromatic carbocycles. The molecule has 4 nitrogen and oxygen atoms in total. The van der Waals surface area contributed by atoms with Gasteiger partial charge in [-0.15, -0.1) is 0 Å². The summed E-state index contributed by atoms with van der Waals surface area (Å²) in [6, 6.07) is 5.07. The molecule has 0 spiro atoms. The van der Waals surface area contributed by atoms with E-state index in [1.165, 1.54) is 17.5 Å². The normalized spacial score (nSPS) is 34.5. The van der Waals surface area contributed by atoms with E-state index in [1.807, 2.05) is 0 Å². The van der Waals surface area contributed by atoms with Crippen molar-refractivity contribution in [1.29, 1.82) is 0 Å². The summed E-state index contributed by atoms with van der Waals surface area (Å²) >= 11 is 0. The Kier molecular flexibility index (Phi) is 3.00. The standard InChI is InChI=1S/C20H26N2O2/c1-19(2)17-10-12-9-16-14(11-13(12)20(19,3)6-7-21-17)22-18(24-16)15-5-4-8-23-15/h9,11,15,17,21H,4-8,10H2,1-3H3/t15-,17-,20+/m1/s1. The molecule has 2 bridgehead atoms. The predicted molar refractivity (Wildman–Crippen MR) is 93.2 cm³/mol. The van der Waals surface area contributed by atoms with Crippen LogP contribution in [0.4, 0.5) is 0 Å². The molecule has 2 saturated heterocycles. The zero-order valence-electron chi connectivity index (χ0n) is 14.8. The Morgan fingerprint density at radius 2 is 2.12 bits per heavy atom. The summed E-state index contributed by atoms with van der Waals surface area (Å²) in [5.41, 5.74) is 5.25. The summed E-state index contributed by atoms with van der Waals surface area (Å²) in [5.74, 6) is 0.760. The Morgan fingerprint density at radius 3 is 2.92 bits per heavy atom. The van der Waals surface area contributed by atoms with Gasteiger partial charge in [0.2, 0.25) is 5.89 Å². The molecular weight excluding hydrogens is 300 g/mol. The van der Waals surface area contributed by atoms with E-state index in [0.717, 1.165) is 49.4 Å². The van der Waals surface area contributed by atoms with Crippen molar-refractivity contribution in [2.24, 2.45) is 5.41 Å². The minimum absolute atomic E-state index is 0.0438. The highest BCUT2D eigenvalue weighted by atomic mass is 16.5. The molecule has 3 aliphatic rings. The molecule has 0 saturated carbocycles. The van der Waals surface area contributed by atoms with Crippen LogP contribution in [-0.4, -0.2) is 24.2 Å². The third-order valence-electron chi connectivity index (χ3n) is 7.16. The minimum atomic E-state index is 0.0438. The highest BCUT2D eigenvalue weighted by molar-refractivity contribution is 5.76. The van der Waals surface area contributed by atoms with Gasteiger partial charge in [0.25, 0.3) is 0 Å². The number of hydrogen-bond donors (Lipinski definition) is 1. The number of nitrogens with one attached hydrogen (secondary N) is 1. The summed E-state index contributed by atoms with van der Waals surface area (Å²) in [7, 11) is 0. The van der Waals surface area contributed by atoms with E-state index in [1.54, 1.807) is 0 Å². The van der Waals surface area contributed by atoms with E-state index in [2.05, 4.69) is 38.2 Å². The van der Waals surface area contributed by atoms with Gasteiger partial charge in [-0.05, 0) is 60.9 Å². The van der Waals surface area contributed by atoms with Gasteiger partial charge < -0.3 is 14.5 Å². The fraction of sp³-hybridized carbons (Fsp3) is 0.650. The van der Waals surface area contributed by atoms with Crippen LogP contribution in [-0.2, 0) is 16.6 Å². The van der Waals surface area contributed by atoms with Gasteiger partial charge in [-0.25, -0.2) is 4.98 Å². The van der Waals surface area contributed by atoms with Gasteiger partial charge in [-0.1, -0.05) is 20.8 Å². The summed E-state index contributed by atoms with van der Waals surface area (Å²) < 4.78 is 11.8. The van der Waals surface area contributed by atoms with Gasteiger partial charge in [0, 0.05) is 18.1 Å². The highest BCUT2D eigenvalue weighted by Crippen LogP contribution is 2.54. The van der Waals surface area contributed by atoms with Crippen LogP contribution >= 0.6 is 0 Å². The third kappa shape index (κ3) is 1.84. The van der Waals surface area contributed by atoms with Gasteiger partial charge in [-0.3, -0.25) is 0 Å². The number of hydrogen-bond acceptors (Lipinski definition) is 4. The molecule has 0 unspecified atom stereocenters. The third-order valence-corrected chi connectivity index (χ3v) is 7.16. The number of piperidine rings is 1. The molecule has 0 amide bonds. The summed E-state index contributed by atoms with van der Waals surface area (Å²) in [6.45, 7) is 9.18. The Balaban J connectivity index is 1.66. The Labute approximate surface area is 143 Å². The molecule has 24 heavy (non-hydrogen) atoms. The molecule has 3 atom stereocenters. The second kappa shape index (κ2) is 4.83. The molecule has 3 heterocycles. The number of rotatable bonds is 1. The zero-order valence-corrected chi connectivity index (χ0v) is 14.8. The van der Waals surface area contributed by atoms with Gasteiger partial charge in [0.05, 0.1) is 0 Å². The van der Waals surface area contributed by atoms with Gasteiger partial charge in [0.1, 0.15) is 11.6 Å². The van der Waals surface area contributed by atoms with Crippen molar-refractivity contribution in [3.63, 3.8) is 0 Å². The van der Waals surface area contributed by atoms with E-state index >= 15 is 0 Å². The first kappa shape index (κ1) is 14.9. The number of oxazole rings is 1. The maximum absolute atomic E-state index is 6.07. The quantitative estimate of drug-likeness (QED) is 0.864. The molecule has 1 aromatic heterocycles. The van der Waals surface area contributed by atoms with Crippen molar-refractivity contribution in [1.82, 2.24) is 10.3 Å². The summed E-state index contributed by atoms with van der Waals surface area (Å²) in [6.07, 6.45) is 4.40. The van der Waals surface area contributed by atoms with Gasteiger partial charge in [0.15, 0.2) is 5.58 Å². The topological polar surface area (TPSA) is 47.3 Å². The fourth-order valence-electron chi connectivity index (χ4n) is 5.11. The van der Waals surface area contributed by atoms with Crippen LogP contribution in [0.2, 0.25) is 0 Å². The first-order valence-corrected chi connectivity index (χ1v) is 9.28. The fourth-order valence-corrected chi connectivity index (χ4v) is 5.11. The zero-order chi connectivity index (χ0) is 16.5. The first-order chi connectivity index (χ1) is 11.5. The SMILES string of the molecule is CC1(C)[C@H]2Cc3cc4oc([C@H]5CCCO5)nc4cc3[C@]1(C)CCN2. The average Bonchev–Trinajstić information content (AvgIpc) is 3.18. The minimum Gasteiger partial charge on any atom is -0.438 e. The lowest BCUT2D eigenvalue weighted by atomic mass is 9.51. The van der Waals surface area contributed by atoms with Gasteiger partial charge in [-0.2, -0.15) is 0 Å². The number of ether oxygens (including phenoxy) is 1. The first-order valence-electron chi connectivity index (χ1n) is 9.28. The largest absolute Gasteiger partial charge is 0.438 e. The van der Waals surface area contributed by atoms with E-state index in [9.17, 15) is 0 Å². The van der Waals surface area contributed by atoms with E-state index in [-0.39, 0.29) is 16.9 Å². The molecule has 4 heteroatoms. The number of benzene rings is 1.